The Morgan fingerprint density at radius 2 is 1.82 bits per heavy atom. The maximum absolute atomic E-state index is 12.9. The third kappa shape index (κ3) is 2.86. The summed E-state index contributed by atoms with van der Waals surface area (Å²) in [4.78, 5) is 31.7. The van der Waals surface area contributed by atoms with Crippen molar-refractivity contribution in [2.75, 3.05) is 0 Å². The van der Waals surface area contributed by atoms with Crippen molar-refractivity contribution in [2.45, 2.75) is 25.8 Å². The lowest BCUT2D eigenvalue weighted by Gasteiger charge is -2.15. The lowest BCUT2D eigenvalue weighted by Crippen LogP contribution is -2.25. The van der Waals surface area contributed by atoms with Crippen LogP contribution in [0.15, 0.2) is 53.3 Å². The van der Waals surface area contributed by atoms with Gasteiger partial charge in [0, 0.05) is 4.88 Å². The Bertz CT molecular complexity index is 1260. The molecule has 0 aliphatic heterocycles. The standard InChI is InChI=1S/C22H19N3O2S/c1-12(14-8-9-17-18(10-14)25-22(27)24-17)23-21(26)19-11-15-7-6-13-4-2-3-5-16(13)20(15)28-19/h2-5,8-12H,6-7H2,1H3,(H,23,26)(H2,24,25,27). The number of thiophene rings is 1. The first-order valence-corrected chi connectivity index (χ1v) is 10.1. The van der Waals surface area contributed by atoms with E-state index in [1.54, 1.807) is 11.3 Å². The van der Waals surface area contributed by atoms with Crippen LogP contribution in [-0.2, 0) is 12.8 Å². The zero-order valence-electron chi connectivity index (χ0n) is 15.3. The van der Waals surface area contributed by atoms with Gasteiger partial charge < -0.3 is 15.3 Å². The Morgan fingerprint density at radius 1 is 1.04 bits per heavy atom. The first-order chi connectivity index (χ1) is 13.6. The highest BCUT2D eigenvalue weighted by atomic mass is 32.1. The van der Waals surface area contributed by atoms with Crippen LogP contribution in [0.5, 0.6) is 0 Å². The average Bonchev–Trinajstić information content (AvgIpc) is 3.29. The molecule has 0 saturated heterocycles. The number of aryl methyl sites for hydroxylation is 2. The molecule has 4 aromatic rings. The predicted octanol–water partition coefficient (Wildman–Crippen LogP) is 4.17. The van der Waals surface area contributed by atoms with Crippen LogP contribution in [0.3, 0.4) is 0 Å². The summed E-state index contributed by atoms with van der Waals surface area (Å²) >= 11 is 1.56. The Hall–Kier alpha value is -3.12. The SMILES string of the molecule is CC(NC(=O)c1cc2c(s1)-c1ccccc1CC2)c1ccc2[nH]c(=O)[nH]c2c1. The molecule has 3 N–H and O–H groups in total. The molecule has 0 fully saturated rings. The second kappa shape index (κ2) is 6.49. The molecule has 2 aromatic heterocycles. The van der Waals surface area contributed by atoms with Crippen LogP contribution in [0.2, 0.25) is 0 Å². The Kier molecular flexibility index (Phi) is 3.94. The maximum atomic E-state index is 12.9. The number of benzene rings is 2. The van der Waals surface area contributed by atoms with E-state index in [4.69, 9.17) is 0 Å². The summed E-state index contributed by atoms with van der Waals surface area (Å²) in [6, 6.07) is 16.0. The van der Waals surface area contributed by atoms with Crippen LogP contribution < -0.4 is 11.0 Å². The Labute approximate surface area is 165 Å². The molecule has 1 aliphatic rings. The van der Waals surface area contributed by atoms with Crippen LogP contribution in [0.1, 0.15) is 39.3 Å². The van der Waals surface area contributed by atoms with E-state index in [1.807, 2.05) is 31.2 Å². The number of aromatic amines is 2. The molecule has 2 heterocycles. The van der Waals surface area contributed by atoms with Crippen LogP contribution in [0.4, 0.5) is 0 Å². The third-order valence-electron chi connectivity index (χ3n) is 5.35. The number of carbonyl (C=O) groups is 1. The van der Waals surface area contributed by atoms with Crippen LogP contribution in [0.25, 0.3) is 21.5 Å². The fraction of sp³-hybridized carbons (Fsp3) is 0.182. The van der Waals surface area contributed by atoms with E-state index in [1.165, 1.54) is 21.6 Å². The molecule has 0 spiro atoms. The van der Waals surface area contributed by atoms with E-state index < -0.39 is 0 Å². The maximum Gasteiger partial charge on any atom is 0.323 e. The van der Waals surface area contributed by atoms with Gasteiger partial charge in [0.2, 0.25) is 0 Å². The highest BCUT2D eigenvalue weighted by molar-refractivity contribution is 7.17. The summed E-state index contributed by atoms with van der Waals surface area (Å²) in [6.45, 7) is 1.95. The second-order valence-electron chi connectivity index (χ2n) is 7.20. The minimum Gasteiger partial charge on any atom is -0.345 e. The summed E-state index contributed by atoms with van der Waals surface area (Å²) in [5.41, 5.74) is 6.08. The van der Waals surface area contributed by atoms with Crippen molar-refractivity contribution in [3.05, 3.63) is 80.6 Å². The van der Waals surface area contributed by atoms with Gasteiger partial charge in [-0.1, -0.05) is 30.3 Å². The lowest BCUT2D eigenvalue weighted by atomic mass is 9.91. The third-order valence-corrected chi connectivity index (χ3v) is 6.56. The highest BCUT2D eigenvalue weighted by Crippen LogP contribution is 2.39. The number of aromatic nitrogens is 2. The first-order valence-electron chi connectivity index (χ1n) is 9.32. The van der Waals surface area contributed by atoms with Crippen molar-refractivity contribution in [3.8, 4) is 10.4 Å². The molecular formula is C22H19N3O2S. The summed E-state index contributed by atoms with van der Waals surface area (Å²) in [6.07, 6.45) is 2.00. The van der Waals surface area contributed by atoms with Crippen molar-refractivity contribution in [1.29, 1.82) is 0 Å². The number of hydrogen-bond donors (Lipinski definition) is 3. The molecule has 2 aromatic carbocycles. The molecule has 5 rings (SSSR count). The van der Waals surface area contributed by atoms with Crippen molar-refractivity contribution in [1.82, 2.24) is 15.3 Å². The van der Waals surface area contributed by atoms with Crippen LogP contribution in [0, 0.1) is 0 Å². The zero-order chi connectivity index (χ0) is 19.3. The number of rotatable bonds is 3. The van der Waals surface area contributed by atoms with Crippen LogP contribution in [-0.4, -0.2) is 15.9 Å². The number of imidazole rings is 1. The number of H-pyrrole nitrogens is 2. The number of amides is 1. The van der Waals surface area contributed by atoms with Gasteiger partial charge in [0.1, 0.15) is 0 Å². The van der Waals surface area contributed by atoms with E-state index in [9.17, 15) is 9.59 Å². The molecule has 1 aliphatic carbocycles. The van der Waals surface area contributed by atoms with E-state index in [-0.39, 0.29) is 17.6 Å². The topological polar surface area (TPSA) is 77.8 Å². The summed E-state index contributed by atoms with van der Waals surface area (Å²) < 4.78 is 0. The number of fused-ring (bicyclic) bond motifs is 4. The summed E-state index contributed by atoms with van der Waals surface area (Å²) in [5, 5.41) is 3.09. The minimum atomic E-state index is -0.228. The van der Waals surface area contributed by atoms with Crippen molar-refractivity contribution in [2.24, 2.45) is 0 Å². The normalized spacial score (nSPS) is 13.8. The molecular weight excluding hydrogens is 370 g/mol. The predicted molar refractivity (Wildman–Crippen MR) is 112 cm³/mol. The van der Waals surface area contributed by atoms with E-state index in [0.717, 1.165) is 34.3 Å². The average molecular weight is 389 g/mol. The second-order valence-corrected chi connectivity index (χ2v) is 8.25. The zero-order valence-corrected chi connectivity index (χ0v) is 16.2. The van der Waals surface area contributed by atoms with Gasteiger partial charge in [-0.15, -0.1) is 11.3 Å². The van der Waals surface area contributed by atoms with Gasteiger partial charge in [-0.05, 0) is 60.2 Å². The van der Waals surface area contributed by atoms with Gasteiger partial charge in [-0.25, -0.2) is 4.79 Å². The van der Waals surface area contributed by atoms with Crippen molar-refractivity contribution >= 4 is 28.3 Å². The molecule has 5 nitrogen and oxygen atoms in total. The summed E-state index contributed by atoms with van der Waals surface area (Å²) in [7, 11) is 0. The van der Waals surface area contributed by atoms with Gasteiger partial charge in [-0.2, -0.15) is 0 Å². The molecule has 140 valence electrons. The molecule has 0 radical (unpaired) electrons. The first kappa shape index (κ1) is 17.0. The molecule has 1 unspecified atom stereocenters. The van der Waals surface area contributed by atoms with Gasteiger partial charge >= 0.3 is 5.69 Å². The van der Waals surface area contributed by atoms with Gasteiger partial charge in [0.25, 0.3) is 5.91 Å². The highest BCUT2D eigenvalue weighted by Gasteiger charge is 2.22. The largest absolute Gasteiger partial charge is 0.345 e. The van der Waals surface area contributed by atoms with Crippen LogP contribution >= 0.6 is 11.3 Å². The molecule has 6 heteroatoms. The monoisotopic (exact) mass is 389 g/mol. The Morgan fingerprint density at radius 3 is 2.71 bits per heavy atom. The van der Waals surface area contributed by atoms with Gasteiger partial charge in [-0.3, -0.25) is 4.79 Å². The Balaban J connectivity index is 1.40. The number of carbonyl (C=O) groups excluding carboxylic acids is 1. The fourth-order valence-corrected chi connectivity index (χ4v) is 5.03. The summed E-state index contributed by atoms with van der Waals surface area (Å²) in [5.74, 6) is -0.0629. The molecule has 28 heavy (non-hydrogen) atoms. The molecule has 1 amide bonds. The van der Waals surface area contributed by atoms with E-state index in [2.05, 4.69) is 39.6 Å². The molecule has 0 saturated carbocycles. The minimum absolute atomic E-state index is 0.0629. The number of hydrogen-bond acceptors (Lipinski definition) is 3. The van der Waals surface area contributed by atoms with Gasteiger partial charge in [0.15, 0.2) is 0 Å². The fourth-order valence-electron chi connectivity index (χ4n) is 3.85. The van der Waals surface area contributed by atoms with E-state index >= 15 is 0 Å². The smallest absolute Gasteiger partial charge is 0.323 e. The lowest BCUT2D eigenvalue weighted by molar-refractivity contribution is 0.0944. The van der Waals surface area contributed by atoms with E-state index in [0.29, 0.717) is 0 Å². The molecule has 0 bridgehead atoms. The van der Waals surface area contributed by atoms with Crippen molar-refractivity contribution < 1.29 is 4.79 Å². The number of nitrogens with one attached hydrogen (secondary N) is 3. The quantitative estimate of drug-likeness (QED) is 0.492. The molecule has 1 atom stereocenters. The van der Waals surface area contributed by atoms with Crippen molar-refractivity contribution in [3.63, 3.8) is 0 Å². The van der Waals surface area contributed by atoms with Gasteiger partial charge in [0.05, 0.1) is 22.0 Å².